The summed E-state index contributed by atoms with van der Waals surface area (Å²) < 4.78 is 35.3. The minimum absolute atomic E-state index is 0.128. The highest BCUT2D eigenvalue weighted by Gasteiger charge is 2.19. The largest absolute Gasteiger partial charge is 0.497 e. The van der Waals surface area contributed by atoms with Crippen LogP contribution in [0, 0.1) is 13.8 Å². The summed E-state index contributed by atoms with van der Waals surface area (Å²) in [5.74, 6) is 0.593. The average molecular weight is 379 g/mol. The molecule has 0 saturated heterocycles. The van der Waals surface area contributed by atoms with Crippen LogP contribution >= 0.6 is 0 Å². The number of ether oxygens (including phenoxy) is 1. The van der Waals surface area contributed by atoms with Crippen molar-refractivity contribution in [3.63, 3.8) is 0 Å². The van der Waals surface area contributed by atoms with E-state index in [1.807, 2.05) is 62.4 Å². The predicted molar refractivity (Wildman–Crippen MR) is 108 cm³/mol. The second-order valence-electron chi connectivity index (χ2n) is 6.22. The molecule has 0 spiro atoms. The summed E-state index contributed by atoms with van der Waals surface area (Å²) in [7, 11) is -2.34. The van der Waals surface area contributed by atoms with Crippen LogP contribution in [0.5, 0.6) is 5.75 Å². The normalized spacial score (nSPS) is 11.1. The number of methoxy groups -OCH3 is 1. The zero-order valence-electron chi connectivity index (χ0n) is 15.5. The molecule has 3 rings (SSSR count). The van der Waals surface area contributed by atoms with Crippen molar-refractivity contribution in [2.24, 2.45) is 4.40 Å². The lowest BCUT2D eigenvalue weighted by atomic mass is 9.95. The first-order chi connectivity index (χ1) is 12.9. The maximum absolute atomic E-state index is 13.0. The lowest BCUT2D eigenvalue weighted by Crippen LogP contribution is -2.11. The third-order valence-electron chi connectivity index (χ3n) is 4.37. The fourth-order valence-electron chi connectivity index (χ4n) is 2.84. The molecule has 138 valence electrons. The first-order valence-corrected chi connectivity index (χ1v) is 9.97. The van der Waals surface area contributed by atoms with Gasteiger partial charge in [-0.15, -0.1) is 0 Å². The summed E-state index contributed by atoms with van der Waals surface area (Å²) in [5.41, 5.74) is 3.96. The quantitative estimate of drug-likeness (QED) is 0.612. The molecule has 0 aromatic heterocycles. The second kappa shape index (κ2) is 7.76. The molecule has 0 aliphatic rings. The van der Waals surface area contributed by atoms with Gasteiger partial charge in [-0.3, -0.25) is 0 Å². The molecule has 0 saturated carbocycles. The van der Waals surface area contributed by atoms with E-state index < -0.39 is 10.0 Å². The van der Waals surface area contributed by atoms with Gasteiger partial charge in [0, 0.05) is 11.1 Å². The van der Waals surface area contributed by atoms with Crippen molar-refractivity contribution >= 4 is 15.7 Å². The van der Waals surface area contributed by atoms with E-state index in [9.17, 15) is 8.42 Å². The Morgan fingerprint density at radius 2 is 1.26 bits per heavy atom. The molecule has 0 heterocycles. The van der Waals surface area contributed by atoms with Crippen molar-refractivity contribution in [2.75, 3.05) is 7.11 Å². The summed E-state index contributed by atoms with van der Waals surface area (Å²) in [6.45, 7) is 3.90. The Balaban J connectivity index is 2.20. The Bertz CT molecular complexity index is 1040. The number of sulfonamides is 1. The van der Waals surface area contributed by atoms with Crippen molar-refractivity contribution < 1.29 is 13.2 Å². The van der Waals surface area contributed by atoms with Crippen LogP contribution in [0.15, 0.2) is 82.1 Å². The fraction of sp³-hybridized carbons (Fsp3) is 0.136. The zero-order chi connectivity index (χ0) is 19.4. The van der Waals surface area contributed by atoms with E-state index >= 15 is 0 Å². The van der Waals surface area contributed by atoms with Gasteiger partial charge in [0.1, 0.15) is 5.75 Å². The van der Waals surface area contributed by atoms with Gasteiger partial charge in [0.05, 0.1) is 17.7 Å². The molecule has 5 heteroatoms. The predicted octanol–water partition coefficient (Wildman–Crippen LogP) is 4.54. The summed E-state index contributed by atoms with van der Waals surface area (Å²) >= 11 is 0. The first-order valence-electron chi connectivity index (χ1n) is 8.53. The van der Waals surface area contributed by atoms with Gasteiger partial charge in [0.15, 0.2) is 0 Å². The first kappa shape index (κ1) is 18.9. The summed E-state index contributed by atoms with van der Waals surface area (Å²) in [4.78, 5) is 0.128. The molecule has 0 aliphatic heterocycles. The van der Waals surface area contributed by atoms with E-state index in [-0.39, 0.29) is 4.90 Å². The van der Waals surface area contributed by atoms with E-state index in [1.165, 1.54) is 19.2 Å². The summed E-state index contributed by atoms with van der Waals surface area (Å²) in [6, 6.07) is 21.5. The SMILES string of the molecule is COc1ccc(S(=O)(=O)N=C(c2ccccc2C)c2ccccc2C)cc1. The molecule has 0 amide bonds. The van der Waals surface area contributed by atoms with Crippen LogP contribution in [0.1, 0.15) is 22.3 Å². The lowest BCUT2D eigenvalue weighted by Gasteiger charge is -2.13. The molecule has 0 radical (unpaired) electrons. The van der Waals surface area contributed by atoms with Crippen LogP contribution in [-0.2, 0) is 10.0 Å². The molecule has 0 atom stereocenters. The molecular formula is C22H21NO3S. The van der Waals surface area contributed by atoms with Crippen molar-refractivity contribution in [3.05, 3.63) is 95.1 Å². The molecule has 0 fully saturated rings. The molecule has 0 N–H and O–H groups in total. The van der Waals surface area contributed by atoms with E-state index in [1.54, 1.807) is 12.1 Å². The van der Waals surface area contributed by atoms with Crippen LogP contribution in [0.2, 0.25) is 0 Å². The van der Waals surface area contributed by atoms with Gasteiger partial charge in [-0.25, -0.2) is 0 Å². The molecule has 0 aliphatic carbocycles. The van der Waals surface area contributed by atoms with Gasteiger partial charge in [-0.1, -0.05) is 48.5 Å². The molecule has 3 aromatic rings. The van der Waals surface area contributed by atoms with Crippen molar-refractivity contribution in [1.29, 1.82) is 0 Å². The van der Waals surface area contributed by atoms with Crippen LogP contribution < -0.4 is 4.74 Å². The van der Waals surface area contributed by atoms with Gasteiger partial charge in [-0.2, -0.15) is 12.8 Å². The Labute approximate surface area is 160 Å². The highest BCUT2D eigenvalue weighted by molar-refractivity contribution is 7.90. The summed E-state index contributed by atoms with van der Waals surface area (Å²) in [6.07, 6.45) is 0. The highest BCUT2D eigenvalue weighted by Crippen LogP contribution is 2.23. The smallest absolute Gasteiger partial charge is 0.282 e. The highest BCUT2D eigenvalue weighted by atomic mass is 32.2. The fourth-order valence-corrected chi connectivity index (χ4v) is 3.86. The van der Waals surface area contributed by atoms with E-state index in [2.05, 4.69) is 4.40 Å². The average Bonchev–Trinajstić information content (AvgIpc) is 2.67. The maximum atomic E-state index is 13.0. The Morgan fingerprint density at radius 1 is 0.778 bits per heavy atom. The van der Waals surface area contributed by atoms with Crippen molar-refractivity contribution in [2.45, 2.75) is 18.7 Å². The van der Waals surface area contributed by atoms with E-state index in [4.69, 9.17) is 4.74 Å². The van der Waals surface area contributed by atoms with E-state index in [0.717, 1.165) is 22.3 Å². The van der Waals surface area contributed by atoms with Crippen molar-refractivity contribution in [3.8, 4) is 5.75 Å². The second-order valence-corrected chi connectivity index (χ2v) is 7.82. The molecule has 27 heavy (non-hydrogen) atoms. The minimum Gasteiger partial charge on any atom is -0.497 e. The van der Waals surface area contributed by atoms with Crippen molar-refractivity contribution in [1.82, 2.24) is 0 Å². The minimum atomic E-state index is -3.88. The standard InChI is InChI=1S/C22H21NO3S/c1-16-8-4-6-10-20(16)22(21-11-7-5-9-17(21)2)23-27(24,25)19-14-12-18(26-3)13-15-19/h4-15H,1-3H3. The third-order valence-corrected chi connectivity index (χ3v) is 5.66. The number of hydrogen-bond donors (Lipinski definition) is 0. The number of benzene rings is 3. The number of aryl methyl sites for hydroxylation is 2. The number of rotatable bonds is 5. The maximum Gasteiger partial charge on any atom is 0.282 e. The third kappa shape index (κ3) is 4.09. The summed E-state index contributed by atoms with van der Waals surface area (Å²) in [5, 5.41) is 0. The van der Waals surface area contributed by atoms with Crippen LogP contribution in [-0.4, -0.2) is 21.2 Å². The zero-order valence-corrected chi connectivity index (χ0v) is 16.3. The Morgan fingerprint density at radius 3 is 1.70 bits per heavy atom. The van der Waals surface area contributed by atoms with Gasteiger partial charge in [0.25, 0.3) is 10.0 Å². The Hall–Kier alpha value is -2.92. The van der Waals surface area contributed by atoms with Gasteiger partial charge < -0.3 is 4.74 Å². The number of hydrogen-bond acceptors (Lipinski definition) is 3. The van der Waals surface area contributed by atoms with Gasteiger partial charge in [0.2, 0.25) is 0 Å². The van der Waals surface area contributed by atoms with Crippen LogP contribution in [0.4, 0.5) is 0 Å². The molecule has 0 unspecified atom stereocenters. The number of nitrogens with zero attached hydrogens (tertiary/aromatic N) is 1. The van der Waals surface area contributed by atoms with E-state index in [0.29, 0.717) is 11.5 Å². The van der Waals surface area contributed by atoms with Gasteiger partial charge >= 0.3 is 0 Å². The monoisotopic (exact) mass is 379 g/mol. The lowest BCUT2D eigenvalue weighted by molar-refractivity contribution is 0.414. The molecule has 0 bridgehead atoms. The molecular weight excluding hydrogens is 358 g/mol. The molecule has 4 nitrogen and oxygen atoms in total. The Kier molecular flexibility index (Phi) is 5.42. The molecule has 3 aromatic carbocycles. The van der Waals surface area contributed by atoms with Crippen LogP contribution in [0.25, 0.3) is 0 Å². The van der Waals surface area contributed by atoms with Crippen LogP contribution in [0.3, 0.4) is 0 Å². The van der Waals surface area contributed by atoms with Gasteiger partial charge in [-0.05, 0) is 49.2 Å². The topological polar surface area (TPSA) is 55.7 Å².